The van der Waals surface area contributed by atoms with E-state index in [1.807, 2.05) is 35.8 Å². The maximum atomic E-state index is 12.7. The number of nitrogens with two attached hydrogens (primary N) is 1. The fourth-order valence-electron chi connectivity index (χ4n) is 3.06. The van der Waals surface area contributed by atoms with Crippen LogP contribution in [0.15, 0.2) is 24.3 Å². The van der Waals surface area contributed by atoms with Gasteiger partial charge < -0.3 is 15.5 Å². The molecule has 2 amide bonds. The van der Waals surface area contributed by atoms with E-state index in [2.05, 4.69) is 4.90 Å². The summed E-state index contributed by atoms with van der Waals surface area (Å²) in [5.41, 5.74) is 6.99. The summed E-state index contributed by atoms with van der Waals surface area (Å²) in [5, 5.41) is 0. The van der Waals surface area contributed by atoms with Gasteiger partial charge in [0.15, 0.2) is 0 Å². The standard InChI is InChI=1S/C18H28N4O2.2ClH/c1-3-21(4-2)17(23)14-20-10-7-11-22(13-12-20)18(24)15-8-5-6-9-16(15)19;;/h5-6,8-9H,3-4,7,10-14,19H2,1-2H3;2*1H. The van der Waals surface area contributed by atoms with Crippen LogP contribution in [0, 0.1) is 0 Å². The highest BCUT2D eigenvalue weighted by atomic mass is 35.5. The predicted octanol–water partition coefficient (Wildman–Crippen LogP) is 2.13. The zero-order valence-electron chi connectivity index (χ0n) is 15.5. The SMILES string of the molecule is CCN(CC)C(=O)CN1CCCN(C(=O)c2ccccc2N)CC1.Cl.Cl. The Hall–Kier alpha value is -1.50. The van der Waals surface area contributed by atoms with E-state index in [4.69, 9.17) is 5.73 Å². The van der Waals surface area contributed by atoms with Gasteiger partial charge in [-0.2, -0.15) is 0 Å². The van der Waals surface area contributed by atoms with Gasteiger partial charge in [0, 0.05) is 45.0 Å². The Bertz CT molecular complexity index is 582. The Labute approximate surface area is 168 Å². The van der Waals surface area contributed by atoms with Crippen LogP contribution in [-0.4, -0.2) is 72.3 Å². The molecule has 0 aliphatic carbocycles. The van der Waals surface area contributed by atoms with Crippen molar-refractivity contribution in [2.75, 3.05) is 51.5 Å². The van der Waals surface area contributed by atoms with Gasteiger partial charge in [0.1, 0.15) is 0 Å². The van der Waals surface area contributed by atoms with Crippen LogP contribution >= 0.6 is 24.8 Å². The minimum atomic E-state index is -0.0231. The third-order valence-electron chi connectivity index (χ3n) is 4.54. The maximum Gasteiger partial charge on any atom is 0.255 e. The van der Waals surface area contributed by atoms with Gasteiger partial charge in [0.25, 0.3) is 5.91 Å². The molecule has 8 heteroatoms. The number of rotatable bonds is 5. The summed E-state index contributed by atoms with van der Waals surface area (Å²) in [5.74, 6) is 0.136. The normalized spacial score (nSPS) is 14.6. The number of carbonyl (C=O) groups is 2. The lowest BCUT2D eigenvalue weighted by Gasteiger charge is -2.25. The highest BCUT2D eigenvalue weighted by Gasteiger charge is 2.23. The first-order valence-corrected chi connectivity index (χ1v) is 8.70. The smallest absolute Gasteiger partial charge is 0.255 e. The zero-order valence-corrected chi connectivity index (χ0v) is 17.2. The summed E-state index contributed by atoms with van der Waals surface area (Å²) in [4.78, 5) is 30.7. The van der Waals surface area contributed by atoms with Crippen molar-refractivity contribution in [2.45, 2.75) is 20.3 Å². The van der Waals surface area contributed by atoms with Crippen LogP contribution in [0.25, 0.3) is 0 Å². The van der Waals surface area contributed by atoms with E-state index in [1.165, 1.54) is 0 Å². The molecule has 1 aliphatic heterocycles. The zero-order chi connectivity index (χ0) is 17.5. The van der Waals surface area contributed by atoms with E-state index in [0.29, 0.717) is 37.4 Å². The fourth-order valence-corrected chi connectivity index (χ4v) is 3.06. The predicted molar refractivity (Wildman–Crippen MR) is 110 cm³/mol. The summed E-state index contributed by atoms with van der Waals surface area (Å²) in [6.07, 6.45) is 0.865. The van der Waals surface area contributed by atoms with Gasteiger partial charge in [-0.3, -0.25) is 14.5 Å². The number of para-hydroxylation sites is 1. The van der Waals surface area contributed by atoms with Crippen molar-refractivity contribution in [1.82, 2.24) is 14.7 Å². The lowest BCUT2D eigenvalue weighted by atomic mass is 10.1. The summed E-state index contributed by atoms with van der Waals surface area (Å²) >= 11 is 0. The highest BCUT2D eigenvalue weighted by Crippen LogP contribution is 2.15. The van der Waals surface area contributed by atoms with E-state index < -0.39 is 0 Å². The molecule has 0 aromatic heterocycles. The first-order valence-electron chi connectivity index (χ1n) is 8.70. The van der Waals surface area contributed by atoms with Crippen LogP contribution < -0.4 is 5.73 Å². The van der Waals surface area contributed by atoms with Crippen LogP contribution in [0.3, 0.4) is 0 Å². The molecular formula is C18H30Cl2N4O2. The van der Waals surface area contributed by atoms with Crippen molar-refractivity contribution < 1.29 is 9.59 Å². The number of halogens is 2. The Balaban J connectivity index is 0.00000312. The molecule has 0 atom stereocenters. The Kier molecular flexibility index (Phi) is 11.3. The Morgan fingerprint density at radius 1 is 1.04 bits per heavy atom. The van der Waals surface area contributed by atoms with Crippen LogP contribution in [0.4, 0.5) is 5.69 Å². The summed E-state index contributed by atoms with van der Waals surface area (Å²) < 4.78 is 0. The van der Waals surface area contributed by atoms with E-state index in [1.54, 1.807) is 12.1 Å². The van der Waals surface area contributed by atoms with Gasteiger partial charge in [0.05, 0.1) is 12.1 Å². The number of hydrogen-bond donors (Lipinski definition) is 1. The highest BCUT2D eigenvalue weighted by molar-refractivity contribution is 5.99. The van der Waals surface area contributed by atoms with Crippen LogP contribution in [-0.2, 0) is 4.79 Å². The number of nitrogens with zero attached hydrogens (tertiary/aromatic N) is 3. The van der Waals surface area contributed by atoms with Crippen molar-refractivity contribution in [3.63, 3.8) is 0 Å². The van der Waals surface area contributed by atoms with Crippen molar-refractivity contribution in [2.24, 2.45) is 0 Å². The molecule has 6 nitrogen and oxygen atoms in total. The molecule has 1 aliphatic rings. The second-order valence-electron chi connectivity index (χ2n) is 6.08. The van der Waals surface area contributed by atoms with Gasteiger partial charge in [-0.05, 0) is 32.4 Å². The van der Waals surface area contributed by atoms with Gasteiger partial charge >= 0.3 is 0 Å². The van der Waals surface area contributed by atoms with Crippen molar-refractivity contribution >= 4 is 42.3 Å². The molecular weight excluding hydrogens is 375 g/mol. The quantitative estimate of drug-likeness (QED) is 0.762. The Morgan fingerprint density at radius 2 is 1.69 bits per heavy atom. The molecule has 1 heterocycles. The molecule has 1 fully saturated rings. The summed E-state index contributed by atoms with van der Waals surface area (Å²) in [6, 6.07) is 7.18. The number of anilines is 1. The number of carbonyl (C=O) groups excluding carboxylic acids is 2. The molecule has 0 bridgehead atoms. The average Bonchev–Trinajstić information content (AvgIpc) is 2.81. The monoisotopic (exact) mass is 404 g/mol. The second-order valence-corrected chi connectivity index (χ2v) is 6.08. The number of benzene rings is 1. The number of likely N-dealkylation sites (N-methyl/N-ethyl adjacent to an activating group) is 1. The van der Waals surface area contributed by atoms with Gasteiger partial charge in [0.2, 0.25) is 5.91 Å². The van der Waals surface area contributed by atoms with Gasteiger partial charge in [-0.15, -0.1) is 24.8 Å². The average molecular weight is 405 g/mol. The van der Waals surface area contributed by atoms with Crippen molar-refractivity contribution in [3.8, 4) is 0 Å². The Morgan fingerprint density at radius 3 is 2.31 bits per heavy atom. The van der Waals surface area contributed by atoms with Crippen LogP contribution in [0.1, 0.15) is 30.6 Å². The number of amides is 2. The molecule has 0 spiro atoms. The number of hydrogen-bond acceptors (Lipinski definition) is 4. The van der Waals surface area contributed by atoms with E-state index in [0.717, 1.165) is 26.1 Å². The topological polar surface area (TPSA) is 69.9 Å². The molecule has 1 saturated heterocycles. The van der Waals surface area contributed by atoms with Crippen LogP contribution in [0.5, 0.6) is 0 Å². The van der Waals surface area contributed by atoms with Crippen LogP contribution in [0.2, 0.25) is 0 Å². The minimum Gasteiger partial charge on any atom is -0.398 e. The third-order valence-corrected chi connectivity index (χ3v) is 4.54. The molecule has 148 valence electrons. The van der Waals surface area contributed by atoms with Crippen molar-refractivity contribution in [1.29, 1.82) is 0 Å². The molecule has 26 heavy (non-hydrogen) atoms. The van der Waals surface area contributed by atoms with E-state index >= 15 is 0 Å². The molecule has 0 radical (unpaired) electrons. The van der Waals surface area contributed by atoms with E-state index in [-0.39, 0.29) is 36.6 Å². The van der Waals surface area contributed by atoms with Gasteiger partial charge in [-0.1, -0.05) is 12.1 Å². The minimum absolute atomic E-state index is 0. The molecule has 1 aromatic rings. The summed E-state index contributed by atoms with van der Waals surface area (Å²) in [6.45, 7) is 8.76. The second kappa shape index (κ2) is 12.0. The molecule has 1 aromatic carbocycles. The summed E-state index contributed by atoms with van der Waals surface area (Å²) in [7, 11) is 0. The first-order chi connectivity index (χ1) is 11.6. The molecule has 0 saturated carbocycles. The maximum absolute atomic E-state index is 12.7. The third kappa shape index (κ3) is 6.34. The molecule has 2 N–H and O–H groups in total. The van der Waals surface area contributed by atoms with Gasteiger partial charge in [-0.25, -0.2) is 0 Å². The molecule has 2 rings (SSSR count). The van der Waals surface area contributed by atoms with E-state index in [9.17, 15) is 9.59 Å². The number of nitrogen functional groups attached to an aromatic ring is 1. The van der Waals surface area contributed by atoms with Crippen molar-refractivity contribution in [3.05, 3.63) is 29.8 Å². The lowest BCUT2D eigenvalue weighted by molar-refractivity contribution is -0.132. The largest absolute Gasteiger partial charge is 0.398 e. The fraction of sp³-hybridized carbons (Fsp3) is 0.556. The molecule has 0 unspecified atom stereocenters. The first kappa shape index (κ1) is 24.5. The lowest BCUT2D eigenvalue weighted by Crippen LogP contribution is -2.42.